The van der Waals surface area contributed by atoms with E-state index in [2.05, 4.69) is 5.32 Å². The molecule has 1 aliphatic heterocycles. The van der Waals surface area contributed by atoms with Gasteiger partial charge in [0.1, 0.15) is 0 Å². The van der Waals surface area contributed by atoms with Crippen LogP contribution in [0.1, 0.15) is 19.4 Å². The van der Waals surface area contributed by atoms with Crippen LogP contribution in [0.2, 0.25) is 0 Å². The average Bonchev–Trinajstić information content (AvgIpc) is 2.72. The standard InChI is InChI=1S/C13H16N2O3/c1-3-18-13(17)14-11-5-4-10-6-7-15(9(2)16)12(10)8-11/h4-5,8H,3,6-7H2,1-2H3,(H,14,17). The number of carbonyl (C=O) groups excluding carboxylic acids is 2. The molecule has 18 heavy (non-hydrogen) atoms. The molecule has 0 fully saturated rings. The molecule has 1 aliphatic rings. The number of ether oxygens (including phenoxy) is 1. The minimum Gasteiger partial charge on any atom is -0.450 e. The largest absolute Gasteiger partial charge is 0.450 e. The van der Waals surface area contributed by atoms with Gasteiger partial charge >= 0.3 is 6.09 Å². The number of hydrogen-bond donors (Lipinski definition) is 1. The molecule has 0 aliphatic carbocycles. The molecule has 5 nitrogen and oxygen atoms in total. The van der Waals surface area contributed by atoms with Gasteiger partial charge in [-0.3, -0.25) is 10.1 Å². The van der Waals surface area contributed by atoms with Gasteiger partial charge in [0.25, 0.3) is 0 Å². The van der Waals surface area contributed by atoms with E-state index in [1.54, 1.807) is 24.8 Å². The summed E-state index contributed by atoms with van der Waals surface area (Å²) in [4.78, 5) is 24.5. The Kier molecular flexibility index (Phi) is 3.50. The van der Waals surface area contributed by atoms with Crippen molar-refractivity contribution in [2.75, 3.05) is 23.4 Å². The number of nitrogens with zero attached hydrogens (tertiary/aromatic N) is 1. The number of hydrogen-bond acceptors (Lipinski definition) is 3. The molecule has 0 radical (unpaired) electrons. The van der Waals surface area contributed by atoms with Crippen LogP contribution in [-0.2, 0) is 16.0 Å². The first-order valence-corrected chi connectivity index (χ1v) is 5.96. The van der Waals surface area contributed by atoms with Gasteiger partial charge in [0.2, 0.25) is 5.91 Å². The maximum atomic E-state index is 11.5. The highest BCUT2D eigenvalue weighted by Gasteiger charge is 2.22. The summed E-state index contributed by atoms with van der Waals surface area (Å²) < 4.78 is 4.81. The molecule has 5 heteroatoms. The Morgan fingerprint density at radius 3 is 2.89 bits per heavy atom. The van der Waals surface area contributed by atoms with Crippen LogP contribution < -0.4 is 10.2 Å². The predicted octanol–water partition coefficient (Wildman–Crippen LogP) is 2.16. The van der Waals surface area contributed by atoms with Crippen molar-refractivity contribution < 1.29 is 14.3 Å². The molecular weight excluding hydrogens is 232 g/mol. The molecule has 2 amide bonds. The molecule has 1 heterocycles. The highest BCUT2D eigenvalue weighted by Crippen LogP contribution is 2.30. The highest BCUT2D eigenvalue weighted by atomic mass is 16.5. The van der Waals surface area contributed by atoms with Gasteiger partial charge in [0, 0.05) is 24.8 Å². The molecular formula is C13H16N2O3. The van der Waals surface area contributed by atoms with E-state index in [0.717, 1.165) is 17.7 Å². The Labute approximate surface area is 106 Å². The van der Waals surface area contributed by atoms with Gasteiger partial charge in [-0.05, 0) is 31.0 Å². The minimum atomic E-state index is -0.482. The Morgan fingerprint density at radius 2 is 2.22 bits per heavy atom. The second-order valence-corrected chi connectivity index (χ2v) is 4.11. The summed E-state index contributed by atoms with van der Waals surface area (Å²) in [6.07, 6.45) is 0.374. The first kappa shape index (κ1) is 12.4. The Bertz CT molecular complexity index is 485. The Balaban J connectivity index is 2.19. The second kappa shape index (κ2) is 5.08. The molecule has 1 aromatic carbocycles. The molecule has 0 spiro atoms. The van der Waals surface area contributed by atoms with Crippen molar-refractivity contribution in [2.24, 2.45) is 0 Å². The zero-order chi connectivity index (χ0) is 13.1. The van der Waals surface area contributed by atoms with Crippen molar-refractivity contribution >= 4 is 23.4 Å². The van der Waals surface area contributed by atoms with Gasteiger partial charge in [0.15, 0.2) is 0 Å². The highest BCUT2D eigenvalue weighted by molar-refractivity contribution is 5.95. The topological polar surface area (TPSA) is 58.6 Å². The van der Waals surface area contributed by atoms with Crippen LogP contribution >= 0.6 is 0 Å². The van der Waals surface area contributed by atoms with E-state index in [4.69, 9.17) is 4.74 Å². The van der Waals surface area contributed by atoms with Crippen LogP contribution in [-0.4, -0.2) is 25.2 Å². The number of anilines is 2. The van der Waals surface area contributed by atoms with E-state index >= 15 is 0 Å². The van der Waals surface area contributed by atoms with Gasteiger partial charge in [0.05, 0.1) is 6.61 Å². The van der Waals surface area contributed by atoms with Crippen molar-refractivity contribution in [1.29, 1.82) is 0 Å². The number of nitrogens with one attached hydrogen (secondary N) is 1. The zero-order valence-corrected chi connectivity index (χ0v) is 10.5. The van der Waals surface area contributed by atoms with Crippen LogP contribution in [0.3, 0.4) is 0 Å². The number of rotatable bonds is 2. The minimum absolute atomic E-state index is 0.0158. The number of carbonyl (C=O) groups is 2. The lowest BCUT2D eigenvalue weighted by atomic mass is 10.1. The number of benzene rings is 1. The second-order valence-electron chi connectivity index (χ2n) is 4.11. The normalized spacial score (nSPS) is 13.1. The van der Waals surface area contributed by atoms with Gasteiger partial charge in [-0.25, -0.2) is 4.79 Å². The summed E-state index contributed by atoms with van der Waals surface area (Å²) in [5.74, 6) is 0.0158. The van der Waals surface area contributed by atoms with E-state index in [1.165, 1.54) is 0 Å². The number of fused-ring (bicyclic) bond motifs is 1. The molecule has 96 valence electrons. The summed E-state index contributed by atoms with van der Waals surface area (Å²) >= 11 is 0. The third-order valence-corrected chi connectivity index (χ3v) is 2.88. The van der Waals surface area contributed by atoms with E-state index in [0.29, 0.717) is 18.8 Å². The molecule has 0 unspecified atom stereocenters. The fourth-order valence-electron chi connectivity index (χ4n) is 2.07. The van der Waals surface area contributed by atoms with Crippen molar-refractivity contribution in [3.8, 4) is 0 Å². The maximum Gasteiger partial charge on any atom is 0.411 e. The monoisotopic (exact) mass is 248 g/mol. The molecule has 0 saturated heterocycles. The lowest BCUT2D eigenvalue weighted by molar-refractivity contribution is -0.116. The number of amides is 2. The third kappa shape index (κ3) is 2.45. The Morgan fingerprint density at radius 1 is 1.44 bits per heavy atom. The third-order valence-electron chi connectivity index (χ3n) is 2.88. The SMILES string of the molecule is CCOC(=O)Nc1ccc2c(c1)N(C(C)=O)CC2. The van der Waals surface area contributed by atoms with Crippen LogP contribution in [0.25, 0.3) is 0 Å². The van der Waals surface area contributed by atoms with Crippen LogP contribution in [0.5, 0.6) is 0 Å². The predicted molar refractivity (Wildman–Crippen MR) is 68.8 cm³/mol. The molecule has 2 rings (SSSR count). The van der Waals surface area contributed by atoms with E-state index in [1.807, 2.05) is 12.1 Å². The molecule has 0 saturated carbocycles. The van der Waals surface area contributed by atoms with Crippen LogP contribution in [0.15, 0.2) is 18.2 Å². The summed E-state index contributed by atoms with van der Waals surface area (Å²) in [7, 11) is 0. The lowest BCUT2D eigenvalue weighted by Crippen LogP contribution is -2.25. The fourth-order valence-corrected chi connectivity index (χ4v) is 2.07. The summed E-state index contributed by atoms with van der Waals surface area (Å²) in [6.45, 7) is 4.32. The molecule has 0 bridgehead atoms. The molecule has 1 aromatic rings. The van der Waals surface area contributed by atoms with Crippen molar-refractivity contribution in [3.63, 3.8) is 0 Å². The van der Waals surface area contributed by atoms with Gasteiger partial charge < -0.3 is 9.64 Å². The summed E-state index contributed by atoms with van der Waals surface area (Å²) in [5.41, 5.74) is 2.64. The van der Waals surface area contributed by atoms with Gasteiger partial charge in [-0.15, -0.1) is 0 Å². The van der Waals surface area contributed by atoms with E-state index in [-0.39, 0.29) is 5.91 Å². The summed E-state index contributed by atoms with van der Waals surface area (Å²) in [6, 6.07) is 5.56. The smallest absolute Gasteiger partial charge is 0.411 e. The maximum absolute atomic E-state index is 11.5. The van der Waals surface area contributed by atoms with Gasteiger partial charge in [-0.1, -0.05) is 6.07 Å². The van der Waals surface area contributed by atoms with E-state index in [9.17, 15) is 9.59 Å². The van der Waals surface area contributed by atoms with Crippen LogP contribution in [0.4, 0.5) is 16.2 Å². The van der Waals surface area contributed by atoms with E-state index < -0.39 is 6.09 Å². The molecule has 0 aromatic heterocycles. The first-order valence-electron chi connectivity index (χ1n) is 5.96. The van der Waals surface area contributed by atoms with Crippen molar-refractivity contribution in [3.05, 3.63) is 23.8 Å². The lowest BCUT2D eigenvalue weighted by Gasteiger charge is -2.15. The van der Waals surface area contributed by atoms with Crippen LogP contribution in [0, 0.1) is 0 Å². The Hall–Kier alpha value is -2.04. The fraction of sp³-hybridized carbons (Fsp3) is 0.385. The quantitative estimate of drug-likeness (QED) is 0.872. The molecule has 0 atom stereocenters. The summed E-state index contributed by atoms with van der Waals surface area (Å²) in [5, 5.41) is 2.63. The van der Waals surface area contributed by atoms with Gasteiger partial charge in [-0.2, -0.15) is 0 Å². The van der Waals surface area contributed by atoms with Crippen molar-refractivity contribution in [2.45, 2.75) is 20.3 Å². The zero-order valence-electron chi connectivity index (χ0n) is 10.5. The van der Waals surface area contributed by atoms with Crippen molar-refractivity contribution in [1.82, 2.24) is 0 Å². The average molecular weight is 248 g/mol. The molecule has 1 N–H and O–H groups in total. The first-order chi connectivity index (χ1) is 8.61.